The van der Waals surface area contributed by atoms with Gasteiger partial charge >= 0.3 is 0 Å². The standard InChI is InChI=1S/C17H15FN4S/c1-2-10-22-16(15-8-3-4-9-19-15)20-21-17(22)23-12-13-6-5-7-14(18)11-13/h2-9,11H,1,10,12H2. The van der Waals surface area contributed by atoms with Crippen molar-refractivity contribution < 1.29 is 4.39 Å². The fraction of sp³-hybridized carbons (Fsp3) is 0.118. The zero-order valence-electron chi connectivity index (χ0n) is 12.4. The highest BCUT2D eigenvalue weighted by molar-refractivity contribution is 7.98. The van der Waals surface area contributed by atoms with Gasteiger partial charge in [-0.05, 0) is 29.8 Å². The highest BCUT2D eigenvalue weighted by Gasteiger charge is 2.14. The Balaban J connectivity index is 1.85. The Morgan fingerprint density at radius 3 is 2.83 bits per heavy atom. The molecule has 0 unspecified atom stereocenters. The maximum Gasteiger partial charge on any atom is 0.192 e. The van der Waals surface area contributed by atoms with Gasteiger partial charge in [0.05, 0.1) is 0 Å². The second-order valence-electron chi connectivity index (χ2n) is 4.84. The van der Waals surface area contributed by atoms with Gasteiger partial charge < -0.3 is 0 Å². The van der Waals surface area contributed by atoms with Crippen molar-refractivity contribution in [2.24, 2.45) is 0 Å². The summed E-state index contributed by atoms with van der Waals surface area (Å²) >= 11 is 1.51. The second kappa shape index (κ2) is 7.19. The lowest BCUT2D eigenvalue weighted by molar-refractivity contribution is 0.626. The first-order valence-corrected chi connectivity index (χ1v) is 8.09. The van der Waals surface area contributed by atoms with Crippen molar-refractivity contribution in [3.05, 3.63) is 72.7 Å². The van der Waals surface area contributed by atoms with Crippen LogP contribution in [-0.2, 0) is 12.3 Å². The second-order valence-corrected chi connectivity index (χ2v) is 5.78. The number of rotatable bonds is 6. The molecule has 0 bridgehead atoms. The van der Waals surface area contributed by atoms with E-state index in [0.29, 0.717) is 18.1 Å². The van der Waals surface area contributed by atoms with E-state index in [9.17, 15) is 4.39 Å². The molecule has 0 radical (unpaired) electrons. The fourth-order valence-corrected chi connectivity index (χ4v) is 3.04. The smallest absolute Gasteiger partial charge is 0.192 e. The van der Waals surface area contributed by atoms with Gasteiger partial charge in [-0.15, -0.1) is 16.8 Å². The van der Waals surface area contributed by atoms with Crippen molar-refractivity contribution >= 4 is 11.8 Å². The number of benzene rings is 1. The Morgan fingerprint density at radius 2 is 2.09 bits per heavy atom. The number of nitrogens with zero attached hydrogens (tertiary/aromatic N) is 4. The zero-order chi connectivity index (χ0) is 16.1. The van der Waals surface area contributed by atoms with Gasteiger partial charge in [-0.1, -0.05) is 36.0 Å². The molecule has 6 heteroatoms. The molecule has 0 aliphatic heterocycles. The van der Waals surface area contributed by atoms with E-state index in [1.807, 2.05) is 28.8 Å². The van der Waals surface area contributed by atoms with E-state index >= 15 is 0 Å². The van der Waals surface area contributed by atoms with Crippen molar-refractivity contribution in [1.82, 2.24) is 19.7 Å². The van der Waals surface area contributed by atoms with E-state index in [-0.39, 0.29) is 5.82 Å². The highest BCUT2D eigenvalue weighted by Crippen LogP contribution is 2.25. The van der Waals surface area contributed by atoms with Crippen LogP contribution in [0.2, 0.25) is 0 Å². The van der Waals surface area contributed by atoms with E-state index in [1.54, 1.807) is 18.3 Å². The monoisotopic (exact) mass is 326 g/mol. The normalized spacial score (nSPS) is 10.7. The Morgan fingerprint density at radius 1 is 1.17 bits per heavy atom. The highest BCUT2D eigenvalue weighted by atomic mass is 32.2. The van der Waals surface area contributed by atoms with E-state index < -0.39 is 0 Å². The van der Waals surface area contributed by atoms with Crippen LogP contribution in [0.1, 0.15) is 5.56 Å². The van der Waals surface area contributed by atoms with Crippen LogP contribution < -0.4 is 0 Å². The topological polar surface area (TPSA) is 43.6 Å². The molecule has 0 saturated carbocycles. The fourth-order valence-electron chi connectivity index (χ4n) is 2.15. The Bertz CT molecular complexity index is 801. The Hall–Kier alpha value is -2.47. The average Bonchev–Trinajstić information content (AvgIpc) is 2.97. The first kappa shape index (κ1) is 15.4. The third-order valence-electron chi connectivity index (χ3n) is 3.18. The number of hydrogen-bond acceptors (Lipinski definition) is 4. The first-order valence-electron chi connectivity index (χ1n) is 7.10. The van der Waals surface area contributed by atoms with E-state index in [1.165, 1.54) is 23.9 Å². The number of halogens is 1. The van der Waals surface area contributed by atoms with Crippen LogP contribution >= 0.6 is 11.8 Å². The molecular formula is C17H15FN4S. The van der Waals surface area contributed by atoms with Gasteiger partial charge in [-0.3, -0.25) is 9.55 Å². The van der Waals surface area contributed by atoms with Crippen LogP contribution in [0.5, 0.6) is 0 Å². The maximum absolute atomic E-state index is 13.3. The van der Waals surface area contributed by atoms with Gasteiger partial charge in [0.25, 0.3) is 0 Å². The summed E-state index contributed by atoms with van der Waals surface area (Å²) in [5, 5.41) is 9.24. The van der Waals surface area contributed by atoms with Crippen molar-refractivity contribution in [3.63, 3.8) is 0 Å². The van der Waals surface area contributed by atoms with E-state index in [4.69, 9.17) is 0 Å². The van der Waals surface area contributed by atoms with Crippen LogP contribution in [0, 0.1) is 5.82 Å². The molecule has 1 aromatic carbocycles. The summed E-state index contributed by atoms with van der Waals surface area (Å²) in [6.45, 7) is 4.37. The molecule has 4 nitrogen and oxygen atoms in total. The van der Waals surface area contributed by atoms with Crippen molar-refractivity contribution in [1.29, 1.82) is 0 Å². The first-order chi connectivity index (χ1) is 11.3. The predicted molar refractivity (Wildman–Crippen MR) is 89.4 cm³/mol. The summed E-state index contributed by atoms with van der Waals surface area (Å²) < 4.78 is 15.2. The molecule has 0 N–H and O–H groups in total. The minimum Gasteiger partial charge on any atom is -0.297 e. The minimum absolute atomic E-state index is 0.232. The van der Waals surface area contributed by atoms with Crippen LogP contribution in [0.15, 0.2) is 66.5 Å². The number of hydrogen-bond donors (Lipinski definition) is 0. The minimum atomic E-state index is -0.232. The third kappa shape index (κ3) is 3.65. The van der Waals surface area contributed by atoms with Crippen LogP contribution in [-0.4, -0.2) is 19.7 Å². The molecule has 3 aromatic rings. The van der Waals surface area contributed by atoms with Gasteiger partial charge in [-0.25, -0.2) is 4.39 Å². The molecule has 0 spiro atoms. The number of aromatic nitrogens is 4. The van der Waals surface area contributed by atoms with Crippen molar-refractivity contribution in [2.75, 3.05) is 0 Å². The average molecular weight is 326 g/mol. The molecule has 3 rings (SSSR count). The zero-order valence-corrected chi connectivity index (χ0v) is 13.2. The Kier molecular flexibility index (Phi) is 4.83. The molecule has 23 heavy (non-hydrogen) atoms. The molecule has 2 aromatic heterocycles. The van der Waals surface area contributed by atoms with Crippen LogP contribution in [0.3, 0.4) is 0 Å². The predicted octanol–water partition coefficient (Wildman–Crippen LogP) is 3.96. The molecular weight excluding hydrogens is 311 g/mol. The summed E-state index contributed by atoms with van der Waals surface area (Å²) in [5.74, 6) is 1.09. The maximum atomic E-state index is 13.3. The summed E-state index contributed by atoms with van der Waals surface area (Å²) in [7, 11) is 0. The lowest BCUT2D eigenvalue weighted by atomic mass is 10.2. The summed E-state index contributed by atoms with van der Waals surface area (Å²) in [6, 6.07) is 12.2. The van der Waals surface area contributed by atoms with Crippen molar-refractivity contribution in [2.45, 2.75) is 17.5 Å². The number of thioether (sulfide) groups is 1. The largest absolute Gasteiger partial charge is 0.297 e. The molecule has 0 atom stereocenters. The molecule has 0 fully saturated rings. The van der Waals surface area contributed by atoms with Crippen LogP contribution in [0.4, 0.5) is 4.39 Å². The molecule has 116 valence electrons. The molecule has 0 saturated heterocycles. The SMILES string of the molecule is C=CCn1c(SCc2cccc(F)c2)nnc1-c1ccccn1. The summed E-state index contributed by atoms with van der Waals surface area (Å²) in [5.41, 5.74) is 1.67. The van der Waals surface area contributed by atoms with Crippen molar-refractivity contribution in [3.8, 4) is 11.5 Å². The Labute approximate surface area is 138 Å². The summed E-state index contributed by atoms with van der Waals surface area (Å²) in [4.78, 5) is 4.32. The lowest BCUT2D eigenvalue weighted by Crippen LogP contribution is -2.01. The molecule has 2 heterocycles. The molecule has 0 aliphatic carbocycles. The third-order valence-corrected chi connectivity index (χ3v) is 4.22. The van der Waals surface area contributed by atoms with Gasteiger partial charge in [0.1, 0.15) is 11.5 Å². The van der Waals surface area contributed by atoms with Gasteiger partial charge in [0.15, 0.2) is 11.0 Å². The summed E-state index contributed by atoms with van der Waals surface area (Å²) in [6.07, 6.45) is 3.52. The van der Waals surface area contributed by atoms with Gasteiger partial charge in [0, 0.05) is 18.5 Å². The van der Waals surface area contributed by atoms with Gasteiger partial charge in [0.2, 0.25) is 0 Å². The molecule has 0 amide bonds. The van der Waals surface area contributed by atoms with Gasteiger partial charge in [-0.2, -0.15) is 0 Å². The molecule has 0 aliphatic rings. The number of pyridine rings is 1. The quantitative estimate of drug-likeness (QED) is 0.508. The van der Waals surface area contributed by atoms with E-state index in [0.717, 1.165) is 16.4 Å². The lowest BCUT2D eigenvalue weighted by Gasteiger charge is -2.07. The van der Waals surface area contributed by atoms with Crippen LogP contribution in [0.25, 0.3) is 11.5 Å². The van der Waals surface area contributed by atoms with E-state index in [2.05, 4.69) is 21.8 Å². The number of allylic oxidation sites excluding steroid dienone is 1.